The number of nitrogens with two attached hydrogens (primary N) is 1. The van der Waals surface area contributed by atoms with Crippen LogP contribution in [0.3, 0.4) is 0 Å². The summed E-state index contributed by atoms with van der Waals surface area (Å²) in [5, 5.41) is 36.6. The molecule has 6 N–H and O–H groups in total. The largest absolute Gasteiger partial charge is 0.483 e. The highest BCUT2D eigenvalue weighted by Gasteiger charge is 2.45. The lowest BCUT2D eigenvalue weighted by Crippen LogP contribution is -2.61. The molecule has 0 aromatic carbocycles. The van der Waals surface area contributed by atoms with Crippen molar-refractivity contribution in [2.24, 2.45) is 5.73 Å². The van der Waals surface area contributed by atoms with Crippen LogP contribution in [0.15, 0.2) is 25.3 Å². The molecule has 7 nitrogen and oxygen atoms in total. The first kappa shape index (κ1) is 21.1. The Balaban J connectivity index is 0.00000135. The van der Waals surface area contributed by atoms with E-state index in [-0.39, 0.29) is 6.47 Å². The number of allylic oxidation sites excluding steroid dienone is 1. The van der Waals surface area contributed by atoms with Gasteiger partial charge in [0.2, 0.25) is 0 Å². The Kier molecular flexibility index (Phi) is 11.2. The standard InChI is InChI=1S/C13H23NO4S.CH2O2/c1-3-5-6-8(14)12-10(16)9(15)11(17)13(18-12)19-7-4-2;2-1-3/h3-4,8-13,15-17H,1-2,5-7,14H2;1H,(H,2,3)/t8?,9-,10+,11+,12+,13+;/m0./s1. The summed E-state index contributed by atoms with van der Waals surface area (Å²) >= 11 is 1.32. The highest BCUT2D eigenvalue weighted by atomic mass is 32.2. The Labute approximate surface area is 134 Å². The lowest BCUT2D eigenvalue weighted by Gasteiger charge is -2.42. The Bertz CT molecular complexity index is 343. The highest BCUT2D eigenvalue weighted by molar-refractivity contribution is 7.99. The maximum absolute atomic E-state index is 9.95. The van der Waals surface area contributed by atoms with Crippen LogP contribution < -0.4 is 5.73 Å². The zero-order chi connectivity index (χ0) is 17.1. The quantitative estimate of drug-likeness (QED) is 0.316. The molecule has 0 amide bonds. The molecule has 1 fully saturated rings. The number of thioether (sulfide) groups is 1. The summed E-state index contributed by atoms with van der Waals surface area (Å²) in [4.78, 5) is 8.36. The van der Waals surface area contributed by atoms with Crippen LogP contribution in [0.2, 0.25) is 0 Å². The van der Waals surface area contributed by atoms with Gasteiger partial charge >= 0.3 is 0 Å². The summed E-state index contributed by atoms with van der Waals surface area (Å²) in [6, 6.07) is -0.415. The molecule has 0 spiro atoms. The van der Waals surface area contributed by atoms with E-state index in [0.717, 1.165) is 0 Å². The molecule has 0 bridgehead atoms. The maximum Gasteiger partial charge on any atom is 0.290 e. The van der Waals surface area contributed by atoms with E-state index in [9.17, 15) is 15.3 Å². The number of hydrogen-bond donors (Lipinski definition) is 5. The molecule has 1 rings (SSSR count). The number of aliphatic hydroxyl groups excluding tert-OH is 3. The Morgan fingerprint density at radius 3 is 2.27 bits per heavy atom. The number of ether oxygens (including phenoxy) is 1. The van der Waals surface area contributed by atoms with Crippen LogP contribution in [-0.2, 0) is 9.53 Å². The third kappa shape index (κ3) is 6.47. The minimum Gasteiger partial charge on any atom is -0.483 e. The van der Waals surface area contributed by atoms with Gasteiger partial charge in [0, 0.05) is 11.8 Å². The van der Waals surface area contributed by atoms with E-state index in [0.29, 0.717) is 18.6 Å². The lowest BCUT2D eigenvalue weighted by atomic mass is 9.93. The molecule has 0 aliphatic carbocycles. The van der Waals surface area contributed by atoms with Crippen LogP contribution in [0.25, 0.3) is 0 Å². The first-order valence-corrected chi connectivity index (χ1v) is 7.85. The minimum atomic E-state index is -1.25. The fourth-order valence-corrected chi connectivity index (χ4v) is 2.89. The molecule has 0 radical (unpaired) electrons. The van der Waals surface area contributed by atoms with Gasteiger partial charge in [0.05, 0.1) is 0 Å². The SMILES string of the molecule is C=CCCC(N)[C@H]1O[C@H](SCC=C)[C@H](O)[C@@H](O)[C@H]1O.O=CO. The number of carbonyl (C=O) groups is 1. The molecule has 1 aliphatic rings. The summed E-state index contributed by atoms with van der Waals surface area (Å²) in [6.07, 6.45) is 0.466. The third-order valence-electron chi connectivity index (χ3n) is 3.11. The summed E-state index contributed by atoms with van der Waals surface area (Å²) in [5.41, 5.74) is 5.35. The van der Waals surface area contributed by atoms with Crippen molar-refractivity contribution < 1.29 is 30.0 Å². The van der Waals surface area contributed by atoms with Crippen molar-refractivity contribution in [1.82, 2.24) is 0 Å². The average Bonchev–Trinajstić information content (AvgIpc) is 2.50. The fraction of sp³-hybridized carbons (Fsp3) is 0.643. The summed E-state index contributed by atoms with van der Waals surface area (Å²) in [7, 11) is 0. The van der Waals surface area contributed by atoms with Crippen molar-refractivity contribution in [3.8, 4) is 0 Å². The molecule has 1 unspecified atom stereocenters. The molecule has 128 valence electrons. The van der Waals surface area contributed by atoms with E-state index in [2.05, 4.69) is 13.2 Å². The van der Waals surface area contributed by atoms with Gasteiger partial charge in [0.1, 0.15) is 29.9 Å². The zero-order valence-electron chi connectivity index (χ0n) is 12.3. The van der Waals surface area contributed by atoms with Crippen molar-refractivity contribution in [2.75, 3.05) is 5.75 Å². The number of hydrogen-bond acceptors (Lipinski definition) is 7. The predicted octanol–water partition coefficient (Wildman–Crippen LogP) is -0.292. The zero-order valence-corrected chi connectivity index (χ0v) is 13.1. The lowest BCUT2D eigenvalue weighted by molar-refractivity contribution is -0.202. The van der Waals surface area contributed by atoms with Crippen LogP contribution in [0.1, 0.15) is 12.8 Å². The monoisotopic (exact) mass is 335 g/mol. The smallest absolute Gasteiger partial charge is 0.290 e. The second-order valence-corrected chi connectivity index (χ2v) is 5.83. The van der Waals surface area contributed by atoms with Gasteiger partial charge in [-0.15, -0.1) is 24.9 Å². The molecule has 1 aliphatic heterocycles. The Morgan fingerprint density at radius 2 is 1.77 bits per heavy atom. The molecule has 1 saturated heterocycles. The molecule has 0 aromatic rings. The van der Waals surface area contributed by atoms with Crippen LogP contribution in [-0.4, -0.2) is 68.5 Å². The Hall–Kier alpha value is -0.900. The summed E-state index contributed by atoms with van der Waals surface area (Å²) in [6.45, 7) is 6.96. The predicted molar refractivity (Wildman–Crippen MR) is 85.4 cm³/mol. The van der Waals surface area contributed by atoms with E-state index in [1.54, 1.807) is 12.2 Å². The van der Waals surface area contributed by atoms with E-state index in [1.807, 2.05) is 0 Å². The molecule has 0 aromatic heterocycles. The van der Waals surface area contributed by atoms with E-state index >= 15 is 0 Å². The van der Waals surface area contributed by atoms with E-state index < -0.39 is 35.9 Å². The van der Waals surface area contributed by atoms with Gasteiger partial charge < -0.3 is 30.9 Å². The van der Waals surface area contributed by atoms with Crippen molar-refractivity contribution in [1.29, 1.82) is 0 Å². The van der Waals surface area contributed by atoms with Crippen molar-refractivity contribution >= 4 is 18.2 Å². The summed E-state index contributed by atoms with van der Waals surface area (Å²) in [5.74, 6) is 0.582. The van der Waals surface area contributed by atoms with Crippen LogP contribution in [0.4, 0.5) is 0 Å². The molecule has 1 heterocycles. The number of rotatable bonds is 7. The molecule has 6 atom stereocenters. The minimum absolute atomic E-state index is 0.250. The van der Waals surface area contributed by atoms with Gasteiger partial charge in [-0.3, -0.25) is 4.79 Å². The molecular formula is C14H25NO6S. The Morgan fingerprint density at radius 1 is 1.18 bits per heavy atom. The van der Waals surface area contributed by atoms with Gasteiger partial charge in [0.15, 0.2) is 0 Å². The van der Waals surface area contributed by atoms with Crippen LogP contribution in [0, 0.1) is 0 Å². The van der Waals surface area contributed by atoms with E-state index in [1.165, 1.54) is 11.8 Å². The molecule has 8 heteroatoms. The average molecular weight is 335 g/mol. The van der Waals surface area contributed by atoms with Gasteiger partial charge in [-0.2, -0.15) is 0 Å². The molecule has 0 saturated carbocycles. The molecular weight excluding hydrogens is 310 g/mol. The normalized spacial score (nSPS) is 32.3. The van der Waals surface area contributed by atoms with Crippen LogP contribution in [0.5, 0.6) is 0 Å². The second kappa shape index (κ2) is 11.6. The number of carboxylic acid groups (broad SMARTS) is 1. The second-order valence-electron chi connectivity index (χ2n) is 4.70. The molecule has 22 heavy (non-hydrogen) atoms. The number of aliphatic hydroxyl groups is 3. The first-order valence-electron chi connectivity index (χ1n) is 6.81. The van der Waals surface area contributed by atoms with Crippen LogP contribution >= 0.6 is 11.8 Å². The topological polar surface area (TPSA) is 133 Å². The van der Waals surface area contributed by atoms with E-state index in [4.69, 9.17) is 20.4 Å². The first-order chi connectivity index (χ1) is 10.4. The summed E-state index contributed by atoms with van der Waals surface area (Å²) < 4.78 is 5.64. The van der Waals surface area contributed by atoms with Gasteiger partial charge in [-0.1, -0.05) is 12.2 Å². The van der Waals surface area contributed by atoms with Crippen molar-refractivity contribution in [3.05, 3.63) is 25.3 Å². The fourth-order valence-electron chi connectivity index (χ4n) is 2.00. The third-order valence-corrected chi connectivity index (χ3v) is 4.26. The highest BCUT2D eigenvalue weighted by Crippen LogP contribution is 2.30. The van der Waals surface area contributed by atoms with Crippen molar-refractivity contribution in [3.63, 3.8) is 0 Å². The van der Waals surface area contributed by atoms with Gasteiger partial charge in [-0.25, -0.2) is 0 Å². The maximum atomic E-state index is 9.95. The van der Waals surface area contributed by atoms with Crippen molar-refractivity contribution in [2.45, 2.75) is 48.7 Å². The van der Waals surface area contributed by atoms with Gasteiger partial charge in [-0.05, 0) is 12.8 Å². The van der Waals surface area contributed by atoms with Gasteiger partial charge in [0.25, 0.3) is 6.47 Å².